The maximum Gasteiger partial charge on any atom is 0.251 e. The molecule has 0 aliphatic heterocycles. The summed E-state index contributed by atoms with van der Waals surface area (Å²) >= 11 is 0. The summed E-state index contributed by atoms with van der Waals surface area (Å²) in [5.41, 5.74) is 4.32. The van der Waals surface area contributed by atoms with Gasteiger partial charge in [-0.3, -0.25) is 4.79 Å². The quantitative estimate of drug-likeness (QED) is 0.541. The van der Waals surface area contributed by atoms with Crippen LogP contribution in [-0.2, 0) is 6.54 Å². The molecular weight excluding hydrogens is 244 g/mol. The number of hydrazine groups is 1. The first-order valence-electron chi connectivity index (χ1n) is 5.69. The highest BCUT2D eigenvalue weighted by Crippen LogP contribution is 2.09. The highest BCUT2D eigenvalue weighted by molar-refractivity contribution is 5.94. The molecule has 0 saturated carbocycles. The van der Waals surface area contributed by atoms with E-state index in [-0.39, 0.29) is 5.91 Å². The Morgan fingerprint density at radius 2 is 2.26 bits per heavy atom. The number of hydrogen-bond donors (Lipinski definition) is 3. The maximum absolute atomic E-state index is 12.0. The van der Waals surface area contributed by atoms with Gasteiger partial charge in [0, 0.05) is 17.5 Å². The standard InChI is InChI=1S/C12H14N6O/c1-8-5-9(6-11(16-8)17-13)12(19)14-7-10-3-2-4-15-18-10/h2-6H,7,13H2,1H3,(H,14,19)(H,16,17). The summed E-state index contributed by atoms with van der Waals surface area (Å²) in [7, 11) is 0. The van der Waals surface area contributed by atoms with Crippen molar-refractivity contribution in [3.05, 3.63) is 47.4 Å². The van der Waals surface area contributed by atoms with E-state index in [2.05, 4.69) is 25.9 Å². The molecule has 0 fully saturated rings. The van der Waals surface area contributed by atoms with E-state index in [0.29, 0.717) is 29.3 Å². The van der Waals surface area contributed by atoms with E-state index in [0.717, 1.165) is 0 Å². The molecule has 0 spiro atoms. The lowest BCUT2D eigenvalue weighted by atomic mass is 10.2. The fourth-order valence-electron chi connectivity index (χ4n) is 1.57. The molecule has 0 bridgehead atoms. The van der Waals surface area contributed by atoms with E-state index < -0.39 is 0 Å². The first-order chi connectivity index (χ1) is 9.19. The van der Waals surface area contributed by atoms with Crippen LogP contribution in [0.5, 0.6) is 0 Å². The molecule has 19 heavy (non-hydrogen) atoms. The predicted octanol–water partition coefficient (Wildman–Crippen LogP) is 0.396. The minimum atomic E-state index is -0.215. The lowest BCUT2D eigenvalue weighted by molar-refractivity contribution is 0.0950. The lowest BCUT2D eigenvalue weighted by Crippen LogP contribution is -2.24. The van der Waals surface area contributed by atoms with Crippen LogP contribution in [0.15, 0.2) is 30.5 Å². The molecule has 2 rings (SSSR count). The molecule has 0 aromatic carbocycles. The van der Waals surface area contributed by atoms with Gasteiger partial charge in [-0.05, 0) is 31.2 Å². The van der Waals surface area contributed by atoms with Crippen LogP contribution in [0.3, 0.4) is 0 Å². The van der Waals surface area contributed by atoms with Crippen molar-refractivity contribution in [3.8, 4) is 0 Å². The van der Waals surface area contributed by atoms with Gasteiger partial charge in [0.1, 0.15) is 5.82 Å². The number of nitrogen functional groups attached to an aromatic ring is 1. The highest BCUT2D eigenvalue weighted by Gasteiger charge is 2.08. The Kier molecular flexibility index (Phi) is 3.99. The largest absolute Gasteiger partial charge is 0.346 e. The fraction of sp³-hybridized carbons (Fsp3) is 0.167. The number of amides is 1. The van der Waals surface area contributed by atoms with E-state index >= 15 is 0 Å². The van der Waals surface area contributed by atoms with Crippen LogP contribution in [0.25, 0.3) is 0 Å². The highest BCUT2D eigenvalue weighted by atomic mass is 16.1. The Bertz CT molecular complexity index is 572. The van der Waals surface area contributed by atoms with E-state index in [1.807, 2.05) is 0 Å². The molecule has 0 unspecified atom stereocenters. The van der Waals surface area contributed by atoms with E-state index in [9.17, 15) is 4.79 Å². The summed E-state index contributed by atoms with van der Waals surface area (Å²) in [6.07, 6.45) is 1.58. The third-order valence-electron chi connectivity index (χ3n) is 2.42. The zero-order valence-corrected chi connectivity index (χ0v) is 10.4. The number of anilines is 1. The number of carbonyl (C=O) groups excluding carboxylic acids is 1. The van der Waals surface area contributed by atoms with Crippen LogP contribution < -0.4 is 16.6 Å². The summed E-state index contributed by atoms with van der Waals surface area (Å²) < 4.78 is 0. The Morgan fingerprint density at radius 3 is 2.95 bits per heavy atom. The molecule has 0 radical (unpaired) electrons. The van der Waals surface area contributed by atoms with Gasteiger partial charge in [0.15, 0.2) is 0 Å². The fourth-order valence-corrected chi connectivity index (χ4v) is 1.57. The van der Waals surface area contributed by atoms with Crippen molar-refractivity contribution in [2.24, 2.45) is 5.84 Å². The first-order valence-corrected chi connectivity index (χ1v) is 5.69. The van der Waals surface area contributed by atoms with Gasteiger partial charge in [0.25, 0.3) is 5.91 Å². The van der Waals surface area contributed by atoms with Gasteiger partial charge in [-0.2, -0.15) is 10.2 Å². The Labute approximate surface area is 110 Å². The normalized spacial score (nSPS) is 10.0. The molecule has 0 saturated heterocycles. The third kappa shape index (κ3) is 3.46. The molecule has 7 heteroatoms. The molecule has 0 atom stereocenters. The monoisotopic (exact) mass is 258 g/mol. The van der Waals surface area contributed by atoms with Crippen molar-refractivity contribution >= 4 is 11.7 Å². The van der Waals surface area contributed by atoms with Gasteiger partial charge >= 0.3 is 0 Å². The summed E-state index contributed by atoms with van der Waals surface area (Å²) in [6.45, 7) is 2.11. The van der Waals surface area contributed by atoms with Crippen LogP contribution >= 0.6 is 0 Å². The molecule has 98 valence electrons. The third-order valence-corrected chi connectivity index (χ3v) is 2.42. The second-order valence-corrected chi connectivity index (χ2v) is 3.92. The lowest BCUT2D eigenvalue weighted by Gasteiger charge is -2.07. The van der Waals surface area contributed by atoms with Gasteiger partial charge < -0.3 is 10.7 Å². The molecule has 2 aromatic rings. The van der Waals surface area contributed by atoms with Gasteiger partial charge in [-0.25, -0.2) is 10.8 Å². The Morgan fingerprint density at radius 1 is 1.42 bits per heavy atom. The molecule has 7 nitrogen and oxygen atoms in total. The zero-order valence-electron chi connectivity index (χ0n) is 10.4. The molecule has 0 aliphatic carbocycles. The molecule has 4 N–H and O–H groups in total. The molecule has 1 amide bonds. The van der Waals surface area contributed by atoms with E-state index in [1.54, 1.807) is 37.4 Å². The average Bonchev–Trinajstić information content (AvgIpc) is 2.45. The number of pyridine rings is 1. The van der Waals surface area contributed by atoms with Crippen LogP contribution in [0.1, 0.15) is 21.7 Å². The summed E-state index contributed by atoms with van der Waals surface area (Å²) in [5.74, 6) is 5.52. The van der Waals surface area contributed by atoms with Crippen molar-refractivity contribution in [3.63, 3.8) is 0 Å². The number of aryl methyl sites for hydroxylation is 1. The molecule has 2 heterocycles. The van der Waals surface area contributed by atoms with E-state index in [4.69, 9.17) is 5.84 Å². The number of nitrogens with two attached hydrogens (primary N) is 1. The van der Waals surface area contributed by atoms with Crippen LogP contribution in [0, 0.1) is 6.92 Å². The molecular formula is C12H14N6O. The van der Waals surface area contributed by atoms with E-state index in [1.165, 1.54) is 0 Å². The van der Waals surface area contributed by atoms with Crippen molar-refractivity contribution in [2.75, 3.05) is 5.43 Å². The SMILES string of the molecule is Cc1cc(C(=O)NCc2cccnn2)cc(NN)n1. The minimum absolute atomic E-state index is 0.215. The number of aromatic nitrogens is 3. The zero-order chi connectivity index (χ0) is 13.7. The number of hydrogen-bond acceptors (Lipinski definition) is 6. The second kappa shape index (κ2) is 5.87. The van der Waals surface area contributed by atoms with Crippen molar-refractivity contribution < 1.29 is 4.79 Å². The summed E-state index contributed by atoms with van der Waals surface area (Å²) in [5, 5.41) is 10.4. The smallest absolute Gasteiger partial charge is 0.251 e. The maximum atomic E-state index is 12.0. The van der Waals surface area contributed by atoms with Gasteiger partial charge in [-0.15, -0.1) is 0 Å². The van der Waals surface area contributed by atoms with Crippen LogP contribution in [0.4, 0.5) is 5.82 Å². The predicted molar refractivity (Wildman–Crippen MR) is 70.0 cm³/mol. The molecule has 0 aliphatic rings. The second-order valence-electron chi connectivity index (χ2n) is 3.92. The topological polar surface area (TPSA) is 106 Å². The minimum Gasteiger partial charge on any atom is -0.346 e. The van der Waals surface area contributed by atoms with Crippen molar-refractivity contribution in [1.29, 1.82) is 0 Å². The van der Waals surface area contributed by atoms with Gasteiger partial charge in [0.2, 0.25) is 0 Å². The summed E-state index contributed by atoms with van der Waals surface area (Å²) in [4.78, 5) is 16.1. The Balaban J connectivity index is 2.06. The average molecular weight is 258 g/mol. The number of rotatable bonds is 4. The van der Waals surface area contributed by atoms with Crippen LogP contribution in [0.2, 0.25) is 0 Å². The number of carbonyl (C=O) groups is 1. The van der Waals surface area contributed by atoms with Gasteiger partial charge in [0.05, 0.1) is 12.2 Å². The van der Waals surface area contributed by atoms with Gasteiger partial charge in [-0.1, -0.05) is 0 Å². The number of nitrogens with zero attached hydrogens (tertiary/aromatic N) is 3. The number of nitrogens with one attached hydrogen (secondary N) is 2. The Hall–Kier alpha value is -2.54. The van der Waals surface area contributed by atoms with Crippen LogP contribution in [-0.4, -0.2) is 21.1 Å². The molecule has 2 aromatic heterocycles. The summed E-state index contributed by atoms with van der Waals surface area (Å²) in [6, 6.07) is 6.82. The van der Waals surface area contributed by atoms with Crippen molar-refractivity contribution in [1.82, 2.24) is 20.5 Å². The van der Waals surface area contributed by atoms with Crippen molar-refractivity contribution in [2.45, 2.75) is 13.5 Å². The first kappa shape index (κ1) is 12.9.